The molecule has 2 heterocycles. The van der Waals surface area contributed by atoms with Crippen molar-refractivity contribution in [3.63, 3.8) is 0 Å². The maximum atomic E-state index is 13.4. The van der Waals surface area contributed by atoms with Crippen molar-refractivity contribution in [2.75, 3.05) is 12.1 Å². The molecule has 32 heavy (non-hydrogen) atoms. The minimum atomic E-state index is -0.0798. The molecular formula is C26H26N2O3S. The lowest BCUT2D eigenvalue weighted by Gasteiger charge is -2.12. The van der Waals surface area contributed by atoms with Crippen molar-refractivity contribution in [1.29, 1.82) is 0 Å². The highest BCUT2D eigenvalue weighted by molar-refractivity contribution is 7.16. The topological polar surface area (TPSA) is 59.9 Å². The summed E-state index contributed by atoms with van der Waals surface area (Å²) in [7, 11) is 0. The summed E-state index contributed by atoms with van der Waals surface area (Å²) in [5.41, 5.74) is 4.72. The lowest BCUT2D eigenvalue weighted by atomic mass is 9.96. The molecule has 5 nitrogen and oxygen atoms in total. The fraction of sp³-hybridized carbons (Fsp3) is 0.308. The standard InChI is InChI=1S/C26H26N2O3S/c1-17-13-21-22(31-16-30-21)14-18(17)15-27-26-24(25(29)28-19-9-5-4-6-10-19)20-11-7-2-3-8-12-23(20)32-26/h4-6,9-10,13-15H,2-3,7-8,11-12,16H2,1H3,(H,28,29). The fourth-order valence-corrected chi connectivity index (χ4v) is 5.50. The lowest BCUT2D eigenvalue weighted by Crippen LogP contribution is -2.14. The van der Waals surface area contributed by atoms with E-state index in [9.17, 15) is 4.79 Å². The molecule has 164 valence electrons. The first-order valence-corrected chi connectivity index (χ1v) is 12.0. The number of carbonyl (C=O) groups excluding carboxylic acids is 1. The Bertz CT molecular complexity index is 1170. The van der Waals surface area contributed by atoms with Crippen molar-refractivity contribution in [1.82, 2.24) is 0 Å². The third-order valence-electron chi connectivity index (χ3n) is 5.99. The lowest BCUT2D eigenvalue weighted by molar-refractivity contribution is 0.102. The van der Waals surface area contributed by atoms with Gasteiger partial charge >= 0.3 is 0 Å². The van der Waals surface area contributed by atoms with Crippen LogP contribution in [0.15, 0.2) is 47.5 Å². The van der Waals surface area contributed by atoms with Crippen LogP contribution in [0.1, 0.15) is 57.6 Å². The molecule has 1 aromatic heterocycles. The van der Waals surface area contributed by atoms with Crippen molar-refractivity contribution in [3.8, 4) is 11.5 Å². The van der Waals surface area contributed by atoms with Crippen molar-refractivity contribution in [2.45, 2.75) is 45.4 Å². The van der Waals surface area contributed by atoms with Crippen molar-refractivity contribution in [3.05, 3.63) is 69.6 Å². The highest BCUT2D eigenvalue weighted by atomic mass is 32.1. The zero-order valence-electron chi connectivity index (χ0n) is 18.1. The molecule has 1 aliphatic heterocycles. The third kappa shape index (κ3) is 4.28. The second-order valence-corrected chi connectivity index (χ2v) is 9.32. The molecule has 2 aliphatic rings. The summed E-state index contributed by atoms with van der Waals surface area (Å²) in [4.78, 5) is 19.5. The Labute approximate surface area is 192 Å². The molecule has 0 fully saturated rings. The predicted molar refractivity (Wildman–Crippen MR) is 129 cm³/mol. The molecule has 1 aliphatic carbocycles. The summed E-state index contributed by atoms with van der Waals surface area (Å²) in [5.74, 6) is 1.42. The molecule has 0 saturated heterocycles. The van der Waals surface area contributed by atoms with E-state index in [0.717, 1.165) is 64.6 Å². The minimum Gasteiger partial charge on any atom is -0.454 e. The Hall–Kier alpha value is -3.12. The molecule has 5 rings (SSSR count). The summed E-state index contributed by atoms with van der Waals surface area (Å²) >= 11 is 1.66. The SMILES string of the molecule is Cc1cc2c(cc1C=Nc1sc3c(c1C(=O)Nc1ccccc1)CCCCCC3)OCO2. The number of nitrogens with one attached hydrogen (secondary N) is 1. The first-order chi connectivity index (χ1) is 15.7. The predicted octanol–water partition coefficient (Wildman–Crippen LogP) is 6.45. The molecule has 0 radical (unpaired) electrons. The molecule has 1 N–H and O–H groups in total. The summed E-state index contributed by atoms with van der Waals surface area (Å²) in [6.45, 7) is 2.27. The van der Waals surface area contributed by atoms with Gasteiger partial charge in [0.25, 0.3) is 5.91 Å². The van der Waals surface area contributed by atoms with E-state index in [1.165, 1.54) is 23.3 Å². The number of nitrogens with zero attached hydrogens (tertiary/aromatic N) is 1. The van der Waals surface area contributed by atoms with Crippen molar-refractivity contribution in [2.24, 2.45) is 4.99 Å². The van der Waals surface area contributed by atoms with E-state index in [2.05, 4.69) is 5.32 Å². The van der Waals surface area contributed by atoms with Gasteiger partial charge < -0.3 is 14.8 Å². The highest BCUT2D eigenvalue weighted by Gasteiger charge is 2.24. The van der Waals surface area contributed by atoms with Crippen LogP contribution in [0.25, 0.3) is 0 Å². The van der Waals surface area contributed by atoms with E-state index < -0.39 is 0 Å². The number of fused-ring (bicyclic) bond motifs is 2. The second kappa shape index (κ2) is 9.17. The molecule has 2 aromatic carbocycles. The van der Waals surface area contributed by atoms with Gasteiger partial charge in [0.15, 0.2) is 11.5 Å². The zero-order chi connectivity index (χ0) is 21.9. The number of aryl methyl sites for hydroxylation is 2. The third-order valence-corrected chi connectivity index (χ3v) is 7.19. The van der Waals surface area contributed by atoms with Crippen LogP contribution in [-0.4, -0.2) is 18.9 Å². The van der Waals surface area contributed by atoms with Gasteiger partial charge in [0, 0.05) is 16.8 Å². The van der Waals surface area contributed by atoms with Crippen LogP contribution in [-0.2, 0) is 12.8 Å². The molecule has 0 unspecified atom stereocenters. The Morgan fingerprint density at radius 1 is 1.03 bits per heavy atom. The Morgan fingerprint density at radius 3 is 2.59 bits per heavy atom. The van der Waals surface area contributed by atoms with Gasteiger partial charge in [-0.3, -0.25) is 4.79 Å². The summed E-state index contributed by atoms with van der Waals surface area (Å²) < 4.78 is 11.0. The molecule has 1 amide bonds. The quantitative estimate of drug-likeness (QED) is 0.469. The van der Waals surface area contributed by atoms with Crippen molar-refractivity contribution < 1.29 is 14.3 Å². The largest absolute Gasteiger partial charge is 0.454 e. The van der Waals surface area contributed by atoms with Crippen LogP contribution < -0.4 is 14.8 Å². The van der Waals surface area contributed by atoms with Gasteiger partial charge in [-0.2, -0.15) is 0 Å². The normalized spacial score (nSPS) is 15.3. The first-order valence-electron chi connectivity index (χ1n) is 11.1. The number of hydrogen-bond donors (Lipinski definition) is 1. The summed E-state index contributed by atoms with van der Waals surface area (Å²) in [6.07, 6.45) is 8.53. The van der Waals surface area contributed by atoms with Crippen LogP contribution >= 0.6 is 11.3 Å². The minimum absolute atomic E-state index is 0.0798. The summed E-state index contributed by atoms with van der Waals surface area (Å²) in [6, 6.07) is 13.5. The van der Waals surface area contributed by atoms with Crippen LogP contribution in [0.4, 0.5) is 10.7 Å². The number of thiophene rings is 1. The number of aliphatic imine (C=N–C) groups is 1. The number of amides is 1. The maximum Gasteiger partial charge on any atom is 0.259 e. The van der Waals surface area contributed by atoms with Gasteiger partial charge in [0.2, 0.25) is 6.79 Å². The van der Waals surface area contributed by atoms with E-state index in [1.54, 1.807) is 11.3 Å². The number of ether oxygens (including phenoxy) is 2. The second-order valence-electron chi connectivity index (χ2n) is 8.24. The number of anilines is 1. The molecule has 0 bridgehead atoms. The number of carbonyl (C=O) groups is 1. The van der Waals surface area contributed by atoms with Gasteiger partial charge in [0.1, 0.15) is 5.00 Å². The Morgan fingerprint density at radius 2 is 1.78 bits per heavy atom. The van der Waals surface area contributed by atoms with E-state index in [4.69, 9.17) is 14.5 Å². The van der Waals surface area contributed by atoms with Gasteiger partial charge in [-0.15, -0.1) is 11.3 Å². The Kier molecular flexibility index (Phi) is 5.95. The van der Waals surface area contributed by atoms with Gasteiger partial charge in [-0.05, 0) is 73.6 Å². The average Bonchev–Trinajstić information content (AvgIpc) is 3.36. The van der Waals surface area contributed by atoms with E-state index in [-0.39, 0.29) is 12.7 Å². The number of para-hydroxylation sites is 1. The van der Waals surface area contributed by atoms with Crippen LogP contribution in [0.5, 0.6) is 11.5 Å². The average molecular weight is 447 g/mol. The van der Waals surface area contributed by atoms with Crippen LogP contribution in [0.3, 0.4) is 0 Å². The molecule has 6 heteroatoms. The number of hydrogen-bond acceptors (Lipinski definition) is 5. The van der Waals surface area contributed by atoms with Gasteiger partial charge in [-0.25, -0.2) is 4.99 Å². The zero-order valence-corrected chi connectivity index (χ0v) is 19.0. The fourth-order valence-electron chi connectivity index (χ4n) is 4.27. The van der Waals surface area contributed by atoms with E-state index in [0.29, 0.717) is 0 Å². The molecule has 0 spiro atoms. The van der Waals surface area contributed by atoms with Gasteiger partial charge in [-0.1, -0.05) is 31.0 Å². The number of rotatable bonds is 4. The smallest absolute Gasteiger partial charge is 0.259 e. The van der Waals surface area contributed by atoms with Gasteiger partial charge in [0.05, 0.1) is 5.56 Å². The van der Waals surface area contributed by atoms with E-state index >= 15 is 0 Å². The Balaban J connectivity index is 1.52. The summed E-state index contributed by atoms with van der Waals surface area (Å²) in [5, 5.41) is 3.85. The first kappa shape index (κ1) is 20.8. The van der Waals surface area contributed by atoms with Crippen molar-refractivity contribution >= 4 is 34.1 Å². The van der Waals surface area contributed by atoms with Crippen LogP contribution in [0.2, 0.25) is 0 Å². The molecule has 3 aromatic rings. The maximum absolute atomic E-state index is 13.4. The monoisotopic (exact) mass is 446 g/mol. The highest BCUT2D eigenvalue weighted by Crippen LogP contribution is 2.40. The number of benzene rings is 2. The van der Waals surface area contributed by atoms with E-state index in [1.807, 2.05) is 55.6 Å². The molecule has 0 saturated carbocycles. The molecule has 0 atom stereocenters. The molecular weight excluding hydrogens is 420 g/mol. The van der Waals surface area contributed by atoms with Crippen LogP contribution in [0, 0.1) is 6.92 Å².